The van der Waals surface area contributed by atoms with Gasteiger partial charge in [0.25, 0.3) is 5.56 Å². The number of hydrogen-bond donors (Lipinski definition) is 1. The molecule has 2 aromatic heterocycles. The number of carbonyl (C=O) groups is 1. The first-order valence-corrected chi connectivity index (χ1v) is 14.1. The minimum atomic E-state index is 0.0571. The number of rotatable bonds is 8. The highest BCUT2D eigenvalue weighted by atomic mass is 32.2. The Labute approximate surface area is 196 Å². The Kier molecular flexibility index (Phi) is 5.80. The molecule has 4 aliphatic rings. The van der Waals surface area contributed by atoms with Gasteiger partial charge in [-0.05, 0) is 81.6 Å². The van der Waals surface area contributed by atoms with E-state index in [0.717, 1.165) is 48.9 Å². The number of ether oxygens (including phenoxy) is 1. The molecular weight excluding hydrogens is 442 g/mol. The lowest BCUT2D eigenvalue weighted by atomic mass is 9.97. The van der Waals surface area contributed by atoms with E-state index in [9.17, 15) is 9.59 Å². The monoisotopic (exact) mass is 473 g/mol. The Bertz CT molecular complexity index is 1070. The Morgan fingerprint density at radius 1 is 1.16 bits per heavy atom. The van der Waals surface area contributed by atoms with E-state index in [-0.39, 0.29) is 17.6 Å². The number of thiophene rings is 1. The van der Waals surface area contributed by atoms with Crippen LogP contribution in [0.1, 0.15) is 61.8 Å². The first kappa shape index (κ1) is 21.2. The van der Waals surface area contributed by atoms with Crippen molar-refractivity contribution in [1.29, 1.82) is 0 Å². The number of aromatic nitrogens is 2. The third kappa shape index (κ3) is 4.26. The highest BCUT2D eigenvalue weighted by Crippen LogP contribution is 2.44. The second-order valence-corrected chi connectivity index (χ2v) is 11.9. The molecule has 1 saturated heterocycles. The average Bonchev–Trinajstić information content (AvgIpc) is 3.72. The normalized spacial score (nSPS) is 23.1. The van der Waals surface area contributed by atoms with Gasteiger partial charge < -0.3 is 10.1 Å². The molecule has 0 radical (unpaired) electrons. The predicted molar refractivity (Wildman–Crippen MR) is 128 cm³/mol. The fourth-order valence-corrected chi connectivity index (χ4v) is 7.49. The highest BCUT2D eigenvalue weighted by molar-refractivity contribution is 7.99. The van der Waals surface area contributed by atoms with Crippen LogP contribution in [0.15, 0.2) is 9.95 Å². The summed E-state index contributed by atoms with van der Waals surface area (Å²) in [5, 5.41) is 4.78. The predicted octanol–water partition coefficient (Wildman–Crippen LogP) is 3.91. The number of aryl methyl sites for hydroxylation is 2. The second-order valence-electron chi connectivity index (χ2n) is 9.89. The van der Waals surface area contributed by atoms with Crippen LogP contribution in [0.25, 0.3) is 10.2 Å². The molecule has 6 rings (SSSR count). The van der Waals surface area contributed by atoms with Gasteiger partial charge in [0.05, 0.1) is 23.8 Å². The van der Waals surface area contributed by atoms with Crippen molar-refractivity contribution < 1.29 is 9.53 Å². The van der Waals surface area contributed by atoms with E-state index in [1.54, 1.807) is 15.9 Å². The standard InChI is InChI=1S/C24H31N3O3S2/c28-19(25-21(14-7-8-14)15-9-10-15)13-31-24-26-22-20(17-5-1-2-6-18(17)32-22)23(29)27(24)12-16-4-3-11-30-16/h14-16,21H,1-13H2,(H,25,28). The molecule has 1 amide bonds. The van der Waals surface area contributed by atoms with Crippen LogP contribution in [-0.2, 0) is 28.9 Å². The second kappa shape index (κ2) is 8.76. The molecule has 0 aromatic carbocycles. The van der Waals surface area contributed by atoms with E-state index in [1.807, 2.05) is 0 Å². The number of nitrogens with zero attached hydrogens (tertiary/aromatic N) is 2. The number of thioether (sulfide) groups is 1. The summed E-state index contributed by atoms with van der Waals surface area (Å²) in [5.41, 5.74) is 1.28. The van der Waals surface area contributed by atoms with Crippen molar-refractivity contribution in [2.45, 2.75) is 88.1 Å². The van der Waals surface area contributed by atoms with E-state index in [2.05, 4.69) is 5.32 Å². The molecule has 1 atom stereocenters. The molecule has 8 heteroatoms. The van der Waals surface area contributed by atoms with Gasteiger partial charge in [-0.25, -0.2) is 4.98 Å². The molecule has 0 spiro atoms. The maximum atomic E-state index is 13.6. The first-order chi connectivity index (χ1) is 15.7. The van der Waals surface area contributed by atoms with Crippen molar-refractivity contribution in [3.05, 3.63) is 20.8 Å². The van der Waals surface area contributed by atoms with Crippen LogP contribution in [0, 0.1) is 11.8 Å². The summed E-state index contributed by atoms with van der Waals surface area (Å²) in [5.74, 6) is 1.74. The van der Waals surface area contributed by atoms with Crippen LogP contribution in [0.2, 0.25) is 0 Å². The van der Waals surface area contributed by atoms with Gasteiger partial charge in [0.2, 0.25) is 5.91 Å². The van der Waals surface area contributed by atoms with E-state index in [1.165, 1.54) is 54.3 Å². The molecule has 0 bridgehead atoms. The summed E-state index contributed by atoms with van der Waals surface area (Å²) in [7, 11) is 0. The first-order valence-electron chi connectivity index (χ1n) is 12.3. The SMILES string of the molecule is O=C(CSc1nc2sc3c(c2c(=O)n1CC1CCCO1)CCCC3)NC(C1CC1)C1CC1. The summed E-state index contributed by atoms with van der Waals surface area (Å²) in [6.45, 7) is 1.29. The molecule has 3 fully saturated rings. The van der Waals surface area contributed by atoms with Gasteiger partial charge in [-0.2, -0.15) is 0 Å². The Morgan fingerprint density at radius 2 is 1.94 bits per heavy atom. The largest absolute Gasteiger partial charge is 0.376 e. The van der Waals surface area contributed by atoms with Crippen LogP contribution in [-0.4, -0.2) is 40.0 Å². The van der Waals surface area contributed by atoms with Crippen molar-refractivity contribution in [2.24, 2.45) is 11.8 Å². The zero-order valence-electron chi connectivity index (χ0n) is 18.4. The maximum absolute atomic E-state index is 13.6. The molecule has 1 unspecified atom stereocenters. The van der Waals surface area contributed by atoms with Crippen molar-refractivity contribution >= 4 is 39.2 Å². The van der Waals surface area contributed by atoms with Gasteiger partial charge in [0.15, 0.2) is 5.16 Å². The number of hydrogen-bond acceptors (Lipinski definition) is 6. The third-order valence-corrected chi connectivity index (χ3v) is 9.53. The summed E-state index contributed by atoms with van der Waals surface area (Å²) >= 11 is 3.09. The molecule has 1 N–H and O–H groups in total. The molecule has 32 heavy (non-hydrogen) atoms. The van der Waals surface area contributed by atoms with Crippen LogP contribution in [0.3, 0.4) is 0 Å². The Balaban J connectivity index is 1.27. The van der Waals surface area contributed by atoms with E-state index in [4.69, 9.17) is 9.72 Å². The fourth-order valence-electron chi connectivity index (χ4n) is 5.37. The molecule has 3 heterocycles. The molecule has 2 saturated carbocycles. The lowest BCUT2D eigenvalue weighted by molar-refractivity contribution is -0.119. The molecule has 1 aliphatic heterocycles. The number of nitrogens with one attached hydrogen (secondary N) is 1. The maximum Gasteiger partial charge on any atom is 0.263 e. The number of fused-ring (bicyclic) bond motifs is 3. The molecular formula is C24H31N3O3S2. The summed E-state index contributed by atoms with van der Waals surface area (Å²) in [4.78, 5) is 33.6. The Morgan fingerprint density at radius 3 is 2.66 bits per heavy atom. The van der Waals surface area contributed by atoms with Crippen molar-refractivity contribution in [1.82, 2.24) is 14.9 Å². The highest BCUT2D eigenvalue weighted by Gasteiger charge is 2.42. The summed E-state index contributed by atoms with van der Waals surface area (Å²) in [6, 6.07) is 0.358. The van der Waals surface area contributed by atoms with Gasteiger partial charge >= 0.3 is 0 Å². The molecule has 172 valence electrons. The molecule has 3 aliphatic carbocycles. The average molecular weight is 474 g/mol. The number of amides is 1. The summed E-state index contributed by atoms with van der Waals surface area (Å²) < 4.78 is 7.65. The zero-order chi connectivity index (χ0) is 21.7. The van der Waals surface area contributed by atoms with Gasteiger partial charge in [0.1, 0.15) is 4.83 Å². The van der Waals surface area contributed by atoms with Crippen LogP contribution in [0.4, 0.5) is 0 Å². The van der Waals surface area contributed by atoms with E-state index < -0.39 is 0 Å². The van der Waals surface area contributed by atoms with Gasteiger partial charge in [-0.3, -0.25) is 14.2 Å². The van der Waals surface area contributed by atoms with Crippen LogP contribution in [0.5, 0.6) is 0 Å². The van der Waals surface area contributed by atoms with Crippen molar-refractivity contribution in [3.63, 3.8) is 0 Å². The quantitative estimate of drug-likeness (QED) is 0.465. The van der Waals surface area contributed by atoms with Crippen molar-refractivity contribution in [2.75, 3.05) is 12.4 Å². The molecule has 6 nitrogen and oxygen atoms in total. The van der Waals surface area contributed by atoms with E-state index in [0.29, 0.717) is 35.3 Å². The molecule has 2 aromatic rings. The topological polar surface area (TPSA) is 73.2 Å². The van der Waals surface area contributed by atoms with Crippen LogP contribution < -0.4 is 10.9 Å². The van der Waals surface area contributed by atoms with E-state index >= 15 is 0 Å². The third-order valence-electron chi connectivity index (χ3n) is 7.37. The number of carbonyl (C=O) groups excluding carboxylic acids is 1. The van der Waals surface area contributed by atoms with Gasteiger partial charge in [0, 0.05) is 17.5 Å². The lowest BCUT2D eigenvalue weighted by Crippen LogP contribution is -2.39. The Hall–Kier alpha value is -1.38. The zero-order valence-corrected chi connectivity index (χ0v) is 20.1. The minimum Gasteiger partial charge on any atom is -0.376 e. The van der Waals surface area contributed by atoms with Gasteiger partial charge in [-0.1, -0.05) is 11.8 Å². The smallest absolute Gasteiger partial charge is 0.263 e. The van der Waals surface area contributed by atoms with Crippen LogP contribution >= 0.6 is 23.1 Å². The fraction of sp³-hybridized carbons (Fsp3) is 0.708. The van der Waals surface area contributed by atoms with Gasteiger partial charge in [-0.15, -0.1) is 11.3 Å². The summed E-state index contributed by atoms with van der Waals surface area (Å²) in [6.07, 6.45) is 11.4. The lowest BCUT2D eigenvalue weighted by Gasteiger charge is -2.18. The van der Waals surface area contributed by atoms with Crippen molar-refractivity contribution in [3.8, 4) is 0 Å². The minimum absolute atomic E-state index is 0.0571.